The molecule has 0 saturated heterocycles. The fraction of sp³-hybridized carbons (Fsp3) is 0.154. The van der Waals surface area contributed by atoms with Gasteiger partial charge in [-0.1, -0.05) is 12.1 Å². The van der Waals surface area contributed by atoms with Gasteiger partial charge in [-0.2, -0.15) is 0 Å². The summed E-state index contributed by atoms with van der Waals surface area (Å²) >= 11 is 0. The average molecular weight is 281 g/mol. The number of carbonyl (C=O) groups is 3. The van der Waals surface area contributed by atoms with Crippen molar-refractivity contribution < 1.29 is 29.0 Å². The van der Waals surface area contributed by atoms with Crippen molar-refractivity contribution in [2.24, 2.45) is 0 Å². The second-order valence-electron chi connectivity index (χ2n) is 3.89. The highest BCUT2D eigenvalue weighted by Crippen LogP contribution is 2.05. The number of carboxylic acid groups (broad SMARTS) is 2. The molecule has 6 nitrogen and oxygen atoms in total. The molecular formula is C13H12FNO5. The van der Waals surface area contributed by atoms with Gasteiger partial charge in [-0.3, -0.25) is 9.59 Å². The number of carboxylic acids is 2. The van der Waals surface area contributed by atoms with E-state index in [-0.39, 0.29) is 0 Å². The van der Waals surface area contributed by atoms with Crippen LogP contribution in [0.2, 0.25) is 0 Å². The van der Waals surface area contributed by atoms with Gasteiger partial charge in [-0.05, 0) is 23.8 Å². The number of benzene rings is 1. The molecule has 1 amide bonds. The Bertz CT molecular complexity index is 555. The number of nitrogens with one attached hydrogen (secondary N) is 1. The standard InChI is InChI=1S/C13H12FNO5/c14-9-3-1-2-8(6-9)4-5-11(16)15-10(13(19)20)7-12(17)18/h1-6,10H,7H2,(H,15,16)(H,17,18)(H,19,20)/b5-4+/t10-/m0/s1. The van der Waals surface area contributed by atoms with Crippen LogP contribution in [0, 0.1) is 5.82 Å². The summed E-state index contributed by atoms with van der Waals surface area (Å²) in [4.78, 5) is 32.6. The predicted octanol–water partition coefficient (Wildman–Crippen LogP) is 0.883. The Morgan fingerprint density at radius 2 is 2.00 bits per heavy atom. The van der Waals surface area contributed by atoms with E-state index in [9.17, 15) is 18.8 Å². The molecule has 0 aliphatic heterocycles. The number of hydrogen-bond acceptors (Lipinski definition) is 3. The minimum atomic E-state index is -1.52. The Morgan fingerprint density at radius 1 is 1.30 bits per heavy atom. The summed E-state index contributed by atoms with van der Waals surface area (Å²) < 4.78 is 12.9. The SMILES string of the molecule is O=C(O)C[C@H](NC(=O)/C=C/c1cccc(F)c1)C(=O)O. The van der Waals surface area contributed by atoms with Gasteiger partial charge in [0.2, 0.25) is 5.91 Å². The van der Waals surface area contributed by atoms with E-state index in [0.29, 0.717) is 5.56 Å². The van der Waals surface area contributed by atoms with E-state index in [2.05, 4.69) is 0 Å². The quantitative estimate of drug-likeness (QED) is 0.672. The molecule has 7 heteroatoms. The monoisotopic (exact) mass is 281 g/mol. The highest BCUT2D eigenvalue weighted by molar-refractivity contribution is 5.95. The maximum atomic E-state index is 12.9. The molecule has 0 spiro atoms. The molecule has 20 heavy (non-hydrogen) atoms. The zero-order chi connectivity index (χ0) is 15.1. The van der Waals surface area contributed by atoms with Crippen LogP contribution >= 0.6 is 0 Å². The molecule has 3 N–H and O–H groups in total. The van der Waals surface area contributed by atoms with Crippen molar-refractivity contribution in [1.82, 2.24) is 5.32 Å². The topological polar surface area (TPSA) is 104 Å². The fourth-order valence-electron chi connectivity index (χ4n) is 1.38. The van der Waals surface area contributed by atoms with Crippen LogP contribution < -0.4 is 5.32 Å². The fourth-order valence-corrected chi connectivity index (χ4v) is 1.38. The van der Waals surface area contributed by atoms with Crippen LogP contribution in [0.4, 0.5) is 4.39 Å². The third kappa shape index (κ3) is 5.30. The lowest BCUT2D eigenvalue weighted by atomic mass is 10.2. The third-order valence-electron chi connectivity index (χ3n) is 2.27. The summed E-state index contributed by atoms with van der Waals surface area (Å²) in [7, 11) is 0. The van der Waals surface area contributed by atoms with Crippen LogP contribution in [-0.4, -0.2) is 34.1 Å². The Kier molecular flexibility index (Phi) is 5.40. The van der Waals surface area contributed by atoms with Crippen LogP contribution in [0.25, 0.3) is 6.08 Å². The zero-order valence-corrected chi connectivity index (χ0v) is 10.2. The molecule has 0 saturated carbocycles. The molecule has 0 radical (unpaired) electrons. The van der Waals surface area contributed by atoms with E-state index >= 15 is 0 Å². The Balaban J connectivity index is 2.66. The molecule has 0 bridgehead atoms. The van der Waals surface area contributed by atoms with E-state index in [0.717, 1.165) is 6.08 Å². The molecular weight excluding hydrogens is 269 g/mol. The largest absolute Gasteiger partial charge is 0.481 e. The highest BCUT2D eigenvalue weighted by atomic mass is 19.1. The molecule has 0 heterocycles. The van der Waals surface area contributed by atoms with Gasteiger partial charge in [-0.15, -0.1) is 0 Å². The van der Waals surface area contributed by atoms with Gasteiger partial charge < -0.3 is 15.5 Å². The molecule has 1 rings (SSSR count). The molecule has 106 valence electrons. The molecule has 1 aromatic rings. The lowest BCUT2D eigenvalue weighted by molar-refractivity contribution is -0.146. The van der Waals surface area contributed by atoms with Crippen molar-refractivity contribution >= 4 is 23.9 Å². The number of carbonyl (C=O) groups excluding carboxylic acids is 1. The highest BCUT2D eigenvalue weighted by Gasteiger charge is 2.21. The summed E-state index contributed by atoms with van der Waals surface area (Å²) in [6.07, 6.45) is 1.57. The summed E-state index contributed by atoms with van der Waals surface area (Å²) in [5.41, 5.74) is 0.422. The number of rotatable bonds is 6. The van der Waals surface area contributed by atoms with Crippen LogP contribution in [-0.2, 0) is 14.4 Å². The first-order valence-electron chi connectivity index (χ1n) is 5.57. The van der Waals surface area contributed by atoms with Crippen molar-refractivity contribution in [3.63, 3.8) is 0 Å². The third-order valence-corrected chi connectivity index (χ3v) is 2.27. The summed E-state index contributed by atoms with van der Waals surface area (Å²) in [6.45, 7) is 0. The van der Waals surface area contributed by atoms with Crippen molar-refractivity contribution in [2.75, 3.05) is 0 Å². The van der Waals surface area contributed by atoms with Crippen molar-refractivity contribution in [3.8, 4) is 0 Å². The number of hydrogen-bond donors (Lipinski definition) is 3. The Hall–Kier alpha value is -2.70. The lowest BCUT2D eigenvalue weighted by Gasteiger charge is -2.10. The number of amides is 1. The van der Waals surface area contributed by atoms with E-state index in [1.165, 1.54) is 24.3 Å². The van der Waals surface area contributed by atoms with Gasteiger partial charge in [0, 0.05) is 6.08 Å². The molecule has 0 aliphatic carbocycles. The van der Waals surface area contributed by atoms with Gasteiger partial charge >= 0.3 is 11.9 Å². The normalized spacial score (nSPS) is 12.1. The van der Waals surface area contributed by atoms with Gasteiger partial charge in [0.05, 0.1) is 6.42 Å². The van der Waals surface area contributed by atoms with Gasteiger partial charge in [0.15, 0.2) is 0 Å². The van der Waals surface area contributed by atoms with Crippen molar-refractivity contribution in [2.45, 2.75) is 12.5 Å². The molecule has 0 fully saturated rings. The molecule has 0 unspecified atom stereocenters. The van der Waals surface area contributed by atoms with E-state index in [1.807, 2.05) is 5.32 Å². The maximum Gasteiger partial charge on any atom is 0.326 e. The molecule has 1 aromatic carbocycles. The first-order valence-corrected chi connectivity index (χ1v) is 5.57. The van der Waals surface area contributed by atoms with E-state index in [4.69, 9.17) is 10.2 Å². The number of halogens is 1. The predicted molar refractivity (Wildman–Crippen MR) is 67.3 cm³/mol. The summed E-state index contributed by atoms with van der Waals surface area (Å²) in [5.74, 6) is -4.03. The molecule has 0 aliphatic rings. The lowest BCUT2D eigenvalue weighted by Crippen LogP contribution is -2.41. The maximum absolute atomic E-state index is 12.9. The second kappa shape index (κ2) is 7.03. The van der Waals surface area contributed by atoms with Gasteiger partial charge in [0.1, 0.15) is 11.9 Å². The van der Waals surface area contributed by atoms with Gasteiger partial charge in [-0.25, -0.2) is 9.18 Å². The Labute approximate surface area is 113 Å². The van der Waals surface area contributed by atoms with E-state index in [1.54, 1.807) is 6.07 Å². The van der Waals surface area contributed by atoms with Crippen LogP contribution in [0.1, 0.15) is 12.0 Å². The molecule has 0 aromatic heterocycles. The first-order chi connectivity index (χ1) is 9.38. The van der Waals surface area contributed by atoms with Crippen molar-refractivity contribution in [1.29, 1.82) is 0 Å². The zero-order valence-electron chi connectivity index (χ0n) is 10.2. The van der Waals surface area contributed by atoms with E-state index < -0.39 is 36.1 Å². The molecule has 1 atom stereocenters. The minimum Gasteiger partial charge on any atom is -0.481 e. The summed E-state index contributed by atoms with van der Waals surface area (Å²) in [5, 5.41) is 19.3. The van der Waals surface area contributed by atoms with Crippen LogP contribution in [0.5, 0.6) is 0 Å². The first kappa shape index (κ1) is 15.4. The smallest absolute Gasteiger partial charge is 0.326 e. The van der Waals surface area contributed by atoms with Crippen molar-refractivity contribution in [3.05, 3.63) is 41.7 Å². The average Bonchev–Trinajstić information content (AvgIpc) is 2.35. The second-order valence-corrected chi connectivity index (χ2v) is 3.89. The van der Waals surface area contributed by atoms with Crippen LogP contribution in [0.15, 0.2) is 30.3 Å². The Morgan fingerprint density at radius 3 is 2.55 bits per heavy atom. The number of aliphatic carboxylic acids is 2. The summed E-state index contributed by atoms with van der Waals surface area (Å²) in [6, 6.07) is 3.92. The van der Waals surface area contributed by atoms with Gasteiger partial charge in [0.25, 0.3) is 0 Å². The van der Waals surface area contributed by atoms with Crippen LogP contribution in [0.3, 0.4) is 0 Å². The minimum absolute atomic E-state index is 0.422.